The van der Waals surface area contributed by atoms with Gasteiger partial charge in [0.05, 0.1) is 11.0 Å². The molecule has 5 aliphatic carbocycles. The van der Waals surface area contributed by atoms with E-state index in [1.807, 2.05) is 19.9 Å². The van der Waals surface area contributed by atoms with Gasteiger partial charge in [0, 0.05) is 17.8 Å². The highest BCUT2D eigenvalue weighted by molar-refractivity contribution is 6.04. The number of allylic oxidation sites excluding steroid dienone is 2. The van der Waals surface area contributed by atoms with Crippen LogP contribution in [0.3, 0.4) is 0 Å². The number of hydrogen-bond acceptors (Lipinski definition) is 4. The third-order valence-electron chi connectivity index (χ3n) is 12.9. The lowest BCUT2D eigenvalue weighted by Crippen LogP contribution is -2.69. The zero-order valence-corrected chi connectivity index (χ0v) is 23.2. The molecule has 36 heavy (non-hydrogen) atoms. The van der Waals surface area contributed by atoms with Gasteiger partial charge in [0.15, 0.2) is 5.78 Å². The molecule has 0 aromatic carbocycles. The fourth-order valence-electron chi connectivity index (χ4n) is 10.7. The van der Waals surface area contributed by atoms with E-state index < -0.39 is 22.2 Å². The van der Waals surface area contributed by atoms with Crippen LogP contribution in [0.1, 0.15) is 99.8 Å². The number of hydrogen-bond donors (Lipinski definition) is 1. The molecule has 0 saturated heterocycles. The van der Waals surface area contributed by atoms with Gasteiger partial charge >= 0.3 is 5.97 Å². The summed E-state index contributed by atoms with van der Waals surface area (Å²) in [7, 11) is 0. The predicted octanol–water partition coefficient (Wildman–Crippen LogP) is 6.37. The fourth-order valence-corrected chi connectivity index (χ4v) is 10.7. The molecule has 0 aliphatic heterocycles. The number of ketones is 2. The zero-order chi connectivity index (χ0) is 26.7. The van der Waals surface area contributed by atoms with E-state index in [0.29, 0.717) is 19.3 Å². The first-order valence-electron chi connectivity index (χ1n) is 13.9. The molecule has 0 unspecified atom stereocenters. The third kappa shape index (κ3) is 2.91. The van der Waals surface area contributed by atoms with Gasteiger partial charge in [-0.05, 0) is 84.4 Å². The Morgan fingerprint density at radius 2 is 1.58 bits per heavy atom. The Kier molecular flexibility index (Phi) is 5.23. The number of aliphatic carboxylic acids is 1. The zero-order valence-electron chi connectivity index (χ0n) is 23.2. The van der Waals surface area contributed by atoms with Crippen molar-refractivity contribution < 1.29 is 19.5 Å². The smallest absolute Gasteiger partial charge is 0.309 e. The molecule has 196 valence electrons. The molecule has 0 radical (unpaired) electrons. The monoisotopic (exact) mass is 493 g/mol. The molecule has 1 N–H and O–H groups in total. The SMILES string of the molecule is CC1(C)CC[C@]2(C(=O)O)CC[C@]3(C)[C@H](C(=O)C[C@@H]4[C@@]5(C)C=C(C#N)C(=O)C(C)(C)[C@@H]5CC[C@]43C)[C@H]2C1. The molecule has 5 nitrogen and oxygen atoms in total. The minimum absolute atomic E-state index is 0.0295. The van der Waals surface area contributed by atoms with Gasteiger partial charge in [0.2, 0.25) is 0 Å². The number of carbonyl (C=O) groups excluding carboxylic acids is 2. The van der Waals surface area contributed by atoms with Crippen molar-refractivity contribution in [2.24, 2.45) is 56.2 Å². The van der Waals surface area contributed by atoms with Gasteiger partial charge in [-0.15, -0.1) is 0 Å². The van der Waals surface area contributed by atoms with E-state index in [2.05, 4.69) is 40.7 Å². The second-order valence-electron chi connectivity index (χ2n) is 15.1. The van der Waals surface area contributed by atoms with E-state index in [-0.39, 0.29) is 57.1 Å². The van der Waals surface area contributed by atoms with Crippen LogP contribution in [0.5, 0.6) is 0 Å². The van der Waals surface area contributed by atoms with Crippen molar-refractivity contribution in [1.29, 1.82) is 5.26 Å². The molecule has 0 heterocycles. The molecule has 4 fully saturated rings. The average Bonchev–Trinajstić information content (AvgIpc) is 2.77. The van der Waals surface area contributed by atoms with Crippen molar-refractivity contribution in [3.63, 3.8) is 0 Å². The minimum Gasteiger partial charge on any atom is -0.481 e. The molecule has 0 aromatic rings. The Bertz CT molecular complexity index is 1130. The molecule has 4 saturated carbocycles. The molecule has 0 amide bonds. The maximum Gasteiger partial charge on any atom is 0.309 e. The van der Waals surface area contributed by atoms with Crippen LogP contribution < -0.4 is 0 Å². The second kappa shape index (κ2) is 7.33. The first-order valence-corrected chi connectivity index (χ1v) is 13.9. The minimum atomic E-state index is -0.799. The van der Waals surface area contributed by atoms with Crippen molar-refractivity contribution in [3.8, 4) is 6.07 Å². The van der Waals surface area contributed by atoms with Gasteiger partial charge in [-0.3, -0.25) is 14.4 Å². The summed E-state index contributed by atoms with van der Waals surface area (Å²) in [4.78, 5) is 40.3. The lowest BCUT2D eigenvalue weighted by atomic mass is 9.31. The summed E-state index contributed by atoms with van der Waals surface area (Å²) in [5.74, 6) is -0.843. The van der Waals surface area contributed by atoms with Gasteiger partial charge in [-0.2, -0.15) is 5.26 Å². The number of carbonyl (C=O) groups is 3. The van der Waals surface area contributed by atoms with Crippen LogP contribution in [0.25, 0.3) is 0 Å². The number of carboxylic acids is 1. The van der Waals surface area contributed by atoms with Crippen LogP contribution in [0.2, 0.25) is 0 Å². The van der Waals surface area contributed by atoms with Gasteiger partial charge in [-0.25, -0.2) is 0 Å². The summed E-state index contributed by atoms with van der Waals surface area (Å²) in [5, 5.41) is 20.4. The fraction of sp³-hybridized carbons (Fsp3) is 0.806. The third-order valence-corrected chi connectivity index (χ3v) is 12.9. The molecule has 5 heteroatoms. The number of nitriles is 1. The quantitative estimate of drug-likeness (QED) is 0.458. The largest absolute Gasteiger partial charge is 0.481 e. The van der Waals surface area contributed by atoms with Crippen molar-refractivity contribution in [1.82, 2.24) is 0 Å². The normalized spacial score (nSPS) is 48.9. The Balaban J connectivity index is 1.65. The first kappa shape index (κ1) is 25.7. The molecule has 5 rings (SSSR count). The summed E-state index contributed by atoms with van der Waals surface area (Å²) in [6, 6.07) is 2.18. The number of rotatable bonds is 1. The van der Waals surface area contributed by atoms with Crippen molar-refractivity contribution in [3.05, 3.63) is 11.6 Å². The van der Waals surface area contributed by atoms with Crippen LogP contribution >= 0.6 is 0 Å². The van der Waals surface area contributed by atoms with Gasteiger partial charge in [0.1, 0.15) is 11.9 Å². The number of carboxylic acid groups (broad SMARTS) is 1. The average molecular weight is 494 g/mol. The number of nitrogens with zero attached hydrogens (tertiary/aromatic N) is 1. The molecular weight excluding hydrogens is 450 g/mol. The van der Waals surface area contributed by atoms with Gasteiger partial charge in [-0.1, -0.05) is 54.5 Å². The lowest BCUT2D eigenvalue weighted by Gasteiger charge is -2.71. The van der Waals surface area contributed by atoms with E-state index in [1.54, 1.807) is 0 Å². The highest BCUT2D eigenvalue weighted by atomic mass is 16.4. The van der Waals surface area contributed by atoms with Crippen molar-refractivity contribution >= 4 is 17.5 Å². The van der Waals surface area contributed by atoms with E-state index in [9.17, 15) is 24.8 Å². The maximum atomic E-state index is 14.3. The van der Waals surface area contributed by atoms with Gasteiger partial charge in [0.25, 0.3) is 0 Å². The summed E-state index contributed by atoms with van der Waals surface area (Å²) < 4.78 is 0. The van der Waals surface area contributed by atoms with Crippen LogP contribution in [-0.4, -0.2) is 22.6 Å². The highest BCUT2D eigenvalue weighted by Crippen LogP contribution is 2.75. The molecular formula is C31H43NO4. The highest BCUT2D eigenvalue weighted by Gasteiger charge is 2.73. The predicted molar refractivity (Wildman–Crippen MR) is 137 cm³/mol. The Morgan fingerprint density at radius 3 is 2.19 bits per heavy atom. The van der Waals surface area contributed by atoms with E-state index in [0.717, 1.165) is 32.1 Å². The first-order chi connectivity index (χ1) is 16.5. The summed E-state index contributed by atoms with van der Waals surface area (Å²) in [6.07, 6.45) is 7.87. The summed E-state index contributed by atoms with van der Waals surface area (Å²) >= 11 is 0. The van der Waals surface area contributed by atoms with E-state index in [4.69, 9.17) is 0 Å². The second-order valence-corrected chi connectivity index (χ2v) is 15.1. The lowest BCUT2D eigenvalue weighted by molar-refractivity contribution is -0.225. The Labute approximate surface area is 216 Å². The number of fused-ring (bicyclic) bond motifs is 7. The Hall–Kier alpha value is -1.96. The van der Waals surface area contributed by atoms with Gasteiger partial charge < -0.3 is 5.11 Å². The standard InChI is InChI=1S/C31H43NO4/c1-26(2)10-12-31(25(35)36)13-11-30(7)23(19(31)16-26)20(33)14-22-28(5)15-18(17-32)24(34)27(3,4)21(28)8-9-29(22,30)6/h15,19,21-23H,8-14,16H2,1-7H3,(H,35,36)/t19-,21+,22-,23+,28+,29-,30-,31+/m1/s1. The van der Waals surface area contributed by atoms with E-state index >= 15 is 0 Å². The van der Waals surface area contributed by atoms with E-state index in [1.165, 1.54) is 0 Å². The molecule has 0 spiro atoms. The van der Waals surface area contributed by atoms with Crippen molar-refractivity contribution in [2.75, 3.05) is 0 Å². The molecule has 5 aliphatic rings. The van der Waals surface area contributed by atoms with Crippen LogP contribution in [0.15, 0.2) is 11.6 Å². The molecule has 0 aromatic heterocycles. The summed E-state index contributed by atoms with van der Waals surface area (Å²) in [5.41, 5.74) is -2.07. The molecule has 0 bridgehead atoms. The topological polar surface area (TPSA) is 95.2 Å². The Morgan fingerprint density at radius 1 is 0.944 bits per heavy atom. The van der Waals surface area contributed by atoms with Crippen LogP contribution in [-0.2, 0) is 14.4 Å². The van der Waals surface area contributed by atoms with Crippen LogP contribution in [0.4, 0.5) is 0 Å². The molecule has 8 atom stereocenters. The van der Waals surface area contributed by atoms with Crippen molar-refractivity contribution in [2.45, 2.75) is 99.8 Å². The summed E-state index contributed by atoms with van der Waals surface area (Å²) in [6.45, 7) is 15.2. The number of Topliss-reactive ketones (excluding diaryl/α,β-unsaturated/α-hetero) is 2. The van der Waals surface area contributed by atoms with Crippen LogP contribution in [0, 0.1) is 67.5 Å². The maximum absolute atomic E-state index is 14.3.